The molecule has 3 unspecified atom stereocenters. The van der Waals surface area contributed by atoms with Gasteiger partial charge in [0.1, 0.15) is 24.0 Å². The van der Waals surface area contributed by atoms with E-state index in [-0.39, 0.29) is 42.2 Å². The number of hydroxylamine groups is 2. The Morgan fingerprint density at radius 3 is 2.32 bits per heavy atom. The first-order valence-corrected chi connectivity index (χ1v) is 13.0. The number of nitrogens with zero attached hydrogens (tertiary/aromatic N) is 5. The molecule has 3 amide bonds. The van der Waals surface area contributed by atoms with Gasteiger partial charge in [0.25, 0.3) is 5.91 Å². The molecule has 1 aromatic carbocycles. The highest BCUT2D eigenvalue weighted by atomic mass is 19.4. The van der Waals surface area contributed by atoms with E-state index in [1.54, 1.807) is 31.7 Å². The van der Waals surface area contributed by atoms with Gasteiger partial charge in [0.05, 0.1) is 5.56 Å². The number of fused-ring (bicyclic) bond motifs is 4. The summed E-state index contributed by atoms with van der Waals surface area (Å²) in [7, 11) is 1.35. The van der Waals surface area contributed by atoms with Crippen LogP contribution in [-0.4, -0.2) is 72.7 Å². The first kappa shape index (κ1) is 28.7. The van der Waals surface area contributed by atoms with E-state index in [9.17, 15) is 36.3 Å². The Morgan fingerprint density at radius 2 is 1.73 bits per heavy atom. The quantitative estimate of drug-likeness (QED) is 0.381. The number of carbonyl (C=O) groups is 3. The maximum atomic E-state index is 14.3. The van der Waals surface area contributed by atoms with Crippen molar-refractivity contribution in [3.8, 4) is 0 Å². The molecule has 3 fully saturated rings. The lowest BCUT2D eigenvalue weighted by molar-refractivity contribution is -0.226. The number of hydrogen-bond acceptors (Lipinski definition) is 6. The van der Waals surface area contributed by atoms with Crippen molar-refractivity contribution in [2.45, 2.75) is 51.9 Å². The maximum Gasteiger partial charge on any atom is 0.497 e. The van der Waals surface area contributed by atoms with Crippen molar-refractivity contribution in [2.24, 2.45) is 5.41 Å². The normalized spacial score (nSPS) is 24.1. The van der Waals surface area contributed by atoms with Crippen LogP contribution in [0.15, 0.2) is 30.3 Å². The topological polar surface area (TPSA) is 83.0 Å². The average Bonchev–Trinajstić information content (AvgIpc) is 3.08. The number of amides is 3. The minimum atomic E-state index is -5.31. The Bertz CT molecular complexity index is 1430. The number of benzene rings is 1. The number of urea groups is 1. The Morgan fingerprint density at radius 1 is 1.05 bits per heavy atom. The molecule has 1 aromatic heterocycles. The van der Waals surface area contributed by atoms with Crippen LogP contribution in [0.25, 0.3) is 0 Å². The van der Waals surface area contributed by atoms with E-state index < -0.39 is 45.8 Å². The summed E-state index contributed by atoms with van der Waals surface area (Å²) in [4.78, 5) is 52.6. The van der Waals surface area contributed by atoms with Gasteiger partial charge in [0, 0.05) is 49.8 Å². The van der Waals surface area contributed by atoms with Gasteiger partial charge >= 0.3 is 18.2 Å². The van der Waals surface area contributed by atoms with Crippen LogP contribution >= 0.6 is 0 Å². The molecule has 0 spiro atoms. The third kappa shape index (κ3) is 4.98. The zero-order chi connectivity index (χ0) is 30.1. The van der Waals surface area contributed by atoms with Gasteiger partial charge in [-0.1, -0.05) is 20.8 Å². The second-order valence-corrected chi connectivity index (χ2v) is 11.8. The first-order valence-electron chi connectivity index (χ1n) is 13.0. The summed E-state index contributed by atoms with van der Waals surface area (Å²) in [5.41, 5.74) is -0.948. The third-order valence-corrected chi connectivity index (χ3v) is 7.56. The number of halogens is 5. The molecule has 6 rings (SSSR count). The predicted octanol–water partition coefficient (Wildman–Crippen LogP) is 4.80. The molecule has 4 aliphatic rings. The summed E-state index contributed by atoms with van der Waals surface area (Å²) >= 11 is 0. The van der Waals surface area contributed by atoms with Gasteiger partial charge in [-0.3, -0.25) is 9.63 Å². The van der Waals surface area contributed by atoms with Crippen LogP contribution in [0.2, 0.25) is 0 Å². The zero-order valence-corrected chi connectivity index (χ0v) is 22.8. The van der Waals surface area contributed by atoms with Crippen LogP contribution in [0.1, 0.15) is 44.0 Å². The fourth-order valence-corrected chi connectivity index (χ4v) is 5.87. The van der Waals surface area contributed by atoms with Gasteiger partial charge in [-0.05, 0) is 35.7 Å². The molecular weight excluding hydrogens is 553 g/mol. The number of piperidine rings is 2. The molecule has 0 N–H and O–H groups in total. The molecule has 220 valence electrons. The van der Waals surface area contributed by atoms with Crippen molar-refractivity contribution in [2.75, 3.05) is 36.5 Å². The summed E-state index contributed by atoms with van der Waals surface area (Å²) in [6.07, 6.45) is -3.97. The van der Waals surface area contributed by atoms with Crippen molar-refractivity contribution < 1.29 is 41.2 Å². The third-order valence-electron chi connectivity index (χ3n) is 7.56. The second-order valence-electron chi connectivity index (χ2n) is 11.8. The summed E-state index contributed by atoms with van der Waals surface area (Å²) in [6, 6.07) is 4.40. The molecule has 0 saturated carbocycles. The Hall–Kier alpha value is -3.81. The highest BCUT2D eigenvalue weighted by molar-refractivity contribution is 6.08. The molecule has 0 aliphatic carbocycles. The van der Waals surface area contributed by atoms with Gasteiger partial charge in [-0.15, -0.1) is 0 Å². The summed E-state index contributed by atoms with van der Waals surface area (Å²) in [5, 5.41) is 0. The molecule has 0 radical (unpaired) electrons. The summed E-state index contributed by atoms with van der Waals surface area (Å²) in [6.45, 7) is 5.44. The van der Waals surface area contributed by atoms with E-state index in [1.165, 1.54) is 13.1 Å². The molecular formula is C27H29F5N5O4+. The lowest BCUT2D eigenvalue weighted by Gasteiger charge is -2.52. The van der Waals surface area contributed by atoms with Gasteiger partial charge in [-0.2, -0.15) is 13.2 Å². The molecule has 2 bridgehead atoms. The molecule has 9 nitrogen and oxygen atoms in total. The van der Waals surface area contributed by atoms with E-state index in [4.69, 9.17) is 4.84 Å². The Labute approximate surface area is 232 Å². The maximum absolute atomic E-state index is 14.3. The first-order chi connectivity index (χ1) is 19.0. The van der Waals surface area contributed by atoms with Crippen LogP contribution in [0.3, 0.4) is 0 Å². The molecule has 2 aromatic rings. The lowest BCUT2D eigenvalue weighted by Crippen LogP contribution is -2.64. The standard InChI is InChI=1S/C27H29F5N5O4/c1-26(2,3)14-37(41-24(39)27(30,31)32)20-9-10-21(33-22(20)34(4)25(37)40)35-12-17-7-6-16(35)13-36(17)23(38)18-8-5-15(28)11-19(18)29/h5,8-11,16-17H,6-7,12-14H2,1-4H3/q+1. The van der Waals surface area contributed by atoms with Crippen LogP contribution in [-0.2, 0) is 9.63 Å². The lowest BCUT2D eigenvalue weighted by atomic mass is 9.90. The SMILES string of the molecule is CN1C(=O)[N+](CC(C)(C)C)(OC(=O)C(F)(F)F)c2ccc(N3CC4CCC3CN4C(=O)c3ccc(F)cc3F)nc21. The summed E-state index contributed by atoms with van der Waals surface area (Å²) in [5.74, 6) is -4.28. The van der Waals surface area contributed by atoms with E-state index in [2.05, 4.69) is 4.98 Å². The van der Waals surface area contributed by atoms with E-state index in [0.29, 0.717) is 31.3 Å². The van der Waals surface area contributed by atoms with Crippen molar-refractivity contribution in [1.82, 2.24) is 14.5 Å². The second kappa shape index (κ2) is 9.64. The fourth-order valence-electron chi connectivity index (χ4n) is 5.87. The molecule has 5 heterocycles. The number of aromatic nitrogens is 1. The molecule has 3 atom stereocenters. The number of quaternary nitrogens is 1. The van der Waals surface area contributed by atoms with Crippen molar-refractivity contribution in [3.05, 3.63) is 47.5 Å². The number of alkyl halides is 3. The number of carbonyl (C=O) groups excluding carboxylic acids is 3. The van der Waals surface area contributed by atoms with E-state index in [1.807, 2.05) is 4.90 Å². The van der Waals surface area contributed by atoms with Gasteiger partial charge < -0.3 is 9.80 Å². The number of hydrogen-bond donors (Lipinski definition) is 0. The number of anilines is 2. The van der Waals surface area contributed by atoms with Crippen LogP contribution < -0.4 is 14.4 Å². The molecule has 14 heteroatoms. The molecule has 41 heavy (non-hydrogen) atoms. The average molecular weight is 583 g/mol. The minimum Gasteiger partial charge on any atom is -0.350 e. The highest BCUT2D eigenvalue weighted by Gasteiger charge is 2.61. The van der Waals surface area contributed by atoms with Crippen LogP contribution in [0, 0.1) is 17.0 Å². The molecule has 3 saturated heterocycles. The fraction of sp³-hybridized carbons (Fsp3) is 0.481. The predicted molar refractivity (Wildman–Crippen MR) is 138 cm³/mol. The summed E-state index contributed by atoms with van der Waals surface area (Å²) < 4.78 is 66.1. The smallest absolute Gasteiger partial charge is 0.350 e. The monoisotopic (exact) mass is 582 g/mol. The van der Waals surface area contributed by atoms with Gasteiger partial charge in [0.15, 0.2) is 0 Å². The van der Waals surface area contributed by atoms with Crippen molar-refractivity contribution in [3.63, 3.8) is 0 Å². The molecule has 4 aliphatic heterocycles. The van der Waals surface area contributed by atoms with Crippen molar-refractivity contribution in [1.29, 1.82) is 0 Å². The Balaban J connectivity index is 1.45. The number of rotatable bonds is 4. The van der Waals surface area contributed by atoms with E-state index >= 15 is 0 Å². The zero-order valence-electron chi connectivity index (χ0n) is 22.8. The van der Waals surface area contributed by atoms with Gasteiger partial charge in [-0.25, -0.2) is 28.3 Å². The number of pyridine rings is 1. The highest BCUT2D eigenvalue weighted by Crippen LogP contribution is 2.46. The van der Waals surface area contributed by atoms with Crippen LogP contribution in [0.4, 0.5) is 44.1 Å². The van der Waals surface area contributed by atoms with Crippen molar-refractivity contribution >= 4 is 35.2 Å². The van der Waals surface area contributed by atoms with Crippen LogP contribution in [0.5, 0.6) is 0 Å². The number of piperazine rings is 1. The van der Waals surface area contributed by atoms with Gasteiger partial charge in [0.2, 0.25) is 11.5 Å². The largest absolute Gasteiger partial charge is 0.497 e. The minimum absolute atomic E-state index is 0.000432. The van der Waals surface area contributed by atoms with E-state index in [0.717, 1.165) is 17.0 Å². The Kier molecular flexibility index (Phi) is 6.75.